The van der Waals surface area contributed by atoms with Crippen molar-refractivity contribution >= 4 is 38.9 Å². The summed E-state index contributed by atoms with van der Waals surface area (Å²) in [5, 5.41) is 4.14. The highest BCUT2D eigenvalue weighted by atomic mass is 79.9. The van der Waals surface area contributed by atoms with Crippen molar-refractivity contribution < 1.29 is 0 Å². The molecule has 18 heavy (non-hydrogen) atoms. The molecule has 1 aromatic heterocycles. The fourth-order valence-corrected chi connectivity index (χ4v) is 3.77. The van der Waals surface area contributed by atoms with E-state index in [0.717, 1.165) is 9.50 Å². The Hall–Kier alpha value is -0.350. The molecular formula is C14H15BrClNS. The molecule has 0 aliphatic rings. The Bertz CT molecular complexity index is 565. The number of thiophene rings is 1. The molecule has 2 aromatic rings. The van der Waals surface area contributed by atoms with E-state index in [2.05, 4.69) is 41.2 Å². The van der Waals surface area contributed by atoms with Crippen LogP contribution >= 0.6 is 38.9 Å². The van der Waals surface area contributed by atoms with Crippen molar-refractivity contribution in [3.8, 4) is 0 Å². The van der Waals surface area contributed by atoms with E-state index >= 15 is 0 Å². The topological polar surface area (TPSA) is 12.0 Å². The molecule has 96 valence electrons. The van der Waals surface area contributed by atoms with Crippen LogP contribution in [0.1, 0.15) is 26.9 Å². The second kappa shape index (κ2) is 5.74. The van der Waals surface area contributed by atoms with E-state index in [1.165, 1.54) is 20.9 Å². The van der Waals surface area contributed by atoms with E-state index < -0.39 is 0 Å². The summed E-state index contributed by atoms with van der Waals surface area (Å²) in [6.07, 6.45) is 0. The number of hydrogen-bond acceptors (Lipinski definition) is 2. The predicted octanol–water partition coefficient (Wildman–Crippen LogP) is 5.09. The second-order valence-electron chi connectivity index (χ2n) is 4.26. The van der Waals surface area contributed by atoms with Gasteiger partial charge in [0.2, 0.25) is 0 Å². The molecule has 1 aromatic carbocycles. The SMILES string of the molecule is CNC(c1cc(Cl)ccc1Br)c1cc(C)sc1C. The van der Waals surface area contributed by atoms with E-state index in [0.29, 0.717) is 0 Å². The molecule has 0 aliphatic carbocycles. The molecule has 1 nitrogen and oxygen atoms in total. The monoisotopic (exact) mass is 343 g/mol. The van der Waals surface area contributed by atoms with Gasteiger partial charge in [-0.15, -0.1) is 11.3 Å². The average molecular weight is 345 g/mol. The number of rotatable bonds is 3. The summed E-state index contributed by atoms with van der Waals surface area (Å²) in [6.45, 7) is 4.30. The van der Waals surface area contributed by atoms with Crippen LogP contribution in [0, 0.1) is 13.8 Å². The summed E-state index contributed by atoms with van der Waals surface area (Å²) < 4.78 is 1.08. The second-order valence-corrected chi connectivity index (χ2v) is 7.01. The lowest BCUT2D eigenvalue weighted by molar-refractivity contribution is 0.688. The predicted molar refractivity (Wildman–Crippen MR) is 83.8 cm³/mol. The van der Waals surface area contributed by atoms with Crippen molar-refractivity contribution in [3.63, 3.8) is 0 Å². The summed E-state index contributed by atoms with van der Waals surface area (Å²) in [7, 11) is 1.98. The maximum atomic E-state index is 6.10. The molecule has 2 rings (SSSR count). The van der Waals surface area contributed by atoms with E-state index in [9.17, 15) is 0 Å². The molecule has 0 radical (unpaired) electrons. The van der Waals surface area contributed by atoms with Crippen LogP contribution in [-0.4, -0.2) is 7.05 Å². The zero-order chi connectivity index (χ0) is 13.3. The molecule has 0 bridgehead atoms. The van der Waals surface area contributed by atoms with Crippen molar-refractivity contribution in [1.82, 2.24) is 5.32 Å². The van der Waals surface area contributed by atoms with Gasteiger partial charge in [-0.05, 0) is 56.3 Å². The van der Waals surface area contributed by atoms with Crippen LogP contribution in [0.3, 0.4) is 0 Å². The Kier molecular flexibility index (Phi) is 4.49. The highest BCUT2D eigenvalue weighted by molar-refractivity contribution is 9.10. The van der Waals surface area contributed by atoms with Crippen LogP contribution in [0.25, 0.3) is 0 Å². The van der Waals surface area contributed by atoms with E-state index in [1.807, 2.05) is 36.6 Å². The quantitative estimate of drug-likeness (QED) is 0.818. The summed E-state index contributed by atoms with van der Waals surface area (Å²) in [5.41, 5.74) is 2.49. The average Bonchev–Trinajstić information content (AvgIpc) is 2.64. The van der Waals surface area contributed by atoms with Gasteiger partial charge in [0.05, 0.1) is 6.04 Å². The van der Waals surface area contributed by atoms with E-state index in [-0.39, 0.29) is 6.04 Å². The minimum Gasteiger partial charge on any atom is -0.309 e. The van der Waals surface area contributed by atoms with Crippen LogP contribution in [0.15, 0.2) is 28.7 Å². The van der Waals surface area contributed by atoms with Gasteiger partial charge in [0.1, 0.15) is 0 Å². The van der Waals surface area contributed by atoms with Crippen LogP contribution < -0.4 is 5.32 Å². The zero-order valence-electron chi connectivity index (χ0n) is 10.6. The molecule has 4 heteroatoms. The fraction of sp³-hybridized carbons (Fsp3) is 0.286. The summed E-state index contributed by atoms with van der Waals surface area (Å²) >= 11 is 11.5. The first-order valence-electron chi connectivity index (χ1n) is 5.72. The molecule has 0 amide bonds. The van der Waals surface area contributed by atoms with Gasteiger partial charge in [0, 0.05) is 19.2 Å². The first-order valence-corrected chi connectivity index (χ1v) is 7.71. The Labute approximate surface area is 125 Å². The summed E-state index contributed by atoms with van der Waals surface area (Å²) in [6, 6.07) is 8.32. The molecule has 0 saturated heterocycles. The van der Waals surface area contributed by atoms with Gasteiger partial charge in [-0.25, -0.2) is 0 Å². The number of benzene rings is 1. The van der Waals surface area contributed by atoms with Crippen molar-refractivity contribution in [1.29, 1.82) is 0 Å². The fourth-order valence-electron chi connectivity index (χ4n) is 2.15. The third-order valence-electron chi connectivity index (χ3n) is 2.95. The van der Waals surface area contributed by atoms with Crippen molar-refractivity contribution in [2.75, 3.05) is 7.05 Å². The van der Waals surface area contributed by atoms with Gasteiger partial charge in [0.15, 0.2) is 0 Å². The lowest BCUT2D eigenvalue weighted by Crippen LogP contribution is -2.18. The van der Waals surface area contributed by atoms with Gasteiger partial charge >= 0.3 is 0 Å². The molecular weight excluding hydrogens is 330 g/mol. The third-order valence-corrected chi connectivity index (χ3v) is 4.89. The third kappa shape index (κ3) is 2.80. The molecule has 0 fully saturated rings. The molecule has 0 saturated carbocycles. The van der Waals surface area contributed by atoms with Crippen LogP contribution in [0.4, 0.5) is 0 Å². The number of halogens is 2. The molecule has 1 heterocycles. The van der Waals surface area contributed by atoms with Gasteiger partial charge < -0.3 is 5.32 Å². The molecule has 0 spiro atoms. The lowest BCUT2D eigenvalue weighted by Gasteiger charge is -2.18. The smallest absolute Gasteiger partial charge is 0.0596 e. The Balaban J connectivity index is 2.51. The lowest BCUT2D eigenvalue weighted by atomic mass is 9.99. The first-order chi connectivity index (χ1) is 8.52. The van der Waals surface area contributed by atoms with Crippen molar-refractivity contribution in [2.24, 2.45) is 0 Å². The Morgan fingerprint density at radius 1 is 1.22 bits per heavy atom. The molecule has 0 aliphatic heterocycles. The maximum absolute atomic E-state index is 6.10. The van der Waals surface area contributed by atoms with Gasteiger partial charge in [0.25, 0.3) is 0 Å². The minimum atomic E-state index is 0.169. The maximum Gasteiger partial charge on any atom is 0.0596 e. The highest BCUT2D eigenvalue weighted by Gasteiger charge is 2.18. The van der Waals surface area contributed by atoms with E-state index in [4.69, 9.17) is 11.6 Å². The Morgan fingerprint density at radius 3 is 2.50 bits per heavy atom. The van der Waals surface area contributed by atoms with Gasteiger partial charge in [-0.2, -0.15) is 0 Å². The largest absolute Gasteiger partial charge is 0.309 e. The molecule has 1 N–H and O–H groups in total. The van der Waals surface area contributed by atoms with E-state index in [1.54, 1.807) is 0 Å². The van der Waals surface area contributed by atoms with Gasteiger partial charge in [-0.1, -0.05) is 27.5 Å². The number of aryl methyl sites for hydroxylation is 2. The number of nitrogens with one attached hydrogen (secondary N) is 1. The molecule has 1 unspecified atom stereocenters. The minimum absolute atomic E-state index is 0.169. The summed E-state index contributed by atoms with van der Waals surface area (Å²) in [5.74, 6) is 0. The molecule has 1 atom stereocenters. The van der Waals surface area contributed by atoms with Crippen LogP contribution in [-0.2, 0) is 0 Å². The Morgan fingerprint density at radius 2 is 1.94 bits per heavy atom. The summed E-state index contributed by atoms with van der Waals surface area (Å²) in [4.78, 5) is 2.68. The van der Waals surface area contributed by atoms with Crippen molar-refractivity contribution in [3.05, 3.63) is 54.6 Å². The van der Waals surface area contributed by atoms with Crippen molar-refractivity contribution in [2.45, 2.75) is 19.9 Å². The first kappa shape index (κ1) is 14.1. The standard InChI is InChI=1S/C14H15BrClNS/c1-8-6-11(9(2)18-8)14(17-3)12-7-10(16)4-5-13(12)15/h4-7,14,17H,1-3H3. The normalized spacial score (nSPS) is 12.7. The van der Waals surface area contributed by atoms with Gasteiger partial charge in [-0.3, -0.25) is 0 Å². The van der Waals surface area contributed by atoms with Crippen LogP contribution in [0.5, 0.6) is 0 Å². The van der Waals surface area contributed by atoms with Crippen LogP contribution in [0.2, 0.25) is 5.02 Å². The highest BCUT2D eigenvalue weighted by Crippen LogP contribution is 2.35. The zero-order valence-corrected chi connectivity index (χ0v) is 13.7. The number of hydrogen-bond donors (Lipinski definition) is 1.